The maximum atomic E-state index is 2.48. The van der Waals surface area contributed by atoms with E-state index in [0.717, 1.165) is 11.6 Å². The Balaban J connectivity index is 2.11. The normalized spacial score (nSPS) is 28.4. The molecule has 12 heavy (non-hydrogen) atoms. The molecule has 0 bridgehead atoms. The van der Waals surface area contributed by atoms with Gasteiger partial charge in [0.05, 0.1) is 0 Å². The molecular weight excluding hydrogens is 143 g/mol. The van der Waals surface area contributed by atoms with Crippen LogP contribution in [0.5, 0.6) is 0 Å². The summed E-state index contributed by atoms with van der Waals surface area (Å²) in [6, 6.07) is 10.8. The third-order valence-electron chi connectivity index (χ3n) is 2.72. The minimum absolute atomic E-state index is 0.723. The van der Waals surface area contributed by atoms with E-state index in [-0.39, 0.29) is 0 Å². The van der Waals surface area contributed by atoms with Crippen LogP contribution in [0.25, 0.3) is 0 Å². The summed E-state index contributed by atoms with van der Waals surface area (Å²) >= 11 is 0. The highest BCUT2D eigenvalue weighted by molar-refractivity contribution is 6.40. The number of rotatable bonds is 1. The summed E-state index contributed by atoms with van der Waals surface area (Å²) in [5, 5.41) is 0. The SMILES string of the molecule is CC1[B]C(c2ccccc2)CC1. The molecule has 1 aliphatic heterocycles. The van der Waals surface area contributed by atoms with Crippen molar-refractivity contribution in [3.8, 4) is 0 Å². The largest absolute Gasteiger partial charge is 0.123 e. The van der Waals surface area contributed by atoms with E-state index in [1.54, 1.807) is 0 Å². The van der Waals surface area contributed by atoms with Gasteiger partial charge in [-0.05, 0) is 5.82 Å². The lowest BCUT2D eigenvalue weighted by atomic mass is 9.59. The van der Waals surface area contributed by atoms with Crippen LogP contribution in [0.4, 0.5) is 0 Å². The summed E-state index contributed by atoms with van der Waals surface area (Å²) in [7, 11) is 2.48. The fourth-order valence-electron chi connectivity index (χ4n) is 2.01. The monoisotopic (exact) mass is 157 g/mol. The Morgan fingerprint density at radius 2 is 1.92 bits per heavy atom. The van der Waals surface area contributed by atoms with Crippen LogP contribution in [0.1, 0.15) is 31.1 Å². The third kappa shape index (κ3) is 1.55. The highest BCUT2D eigenvalue weighted by atomic mass is 14.1. The van der Waals surface area contributed by atoms with E-state index in [2.05, 4.69) is 44.5 Å². The Kier molecular flexibility index (Phi) is 2.20. The molecule has 1 heteroatoms. The van der Waals surface area contributed by atoms with E-state index in [1.807, 2.05) is 0 Å². The summed E-state index contributed by atoms with van der Waals surface area (Å²) in [4.78, 5) is 0. The molecule has 1 saturated heterocycles. The quantitative estimate of drug-likeness (QED) is 0.549. The molecule has 1 aliphatic rings. The van der Waals surface area contributed by atoms with Crippen molar-refractivity contribution in [2.75, 3.05) is 0 Å². The molecule has 1 fully saturated rings. The molecule has 0 spiro atoms. The highest BCUT2D eigenvalue weighted by Crippen LogP contribution is 2.34. The lowest BCUT2D eigenvalue weighted by Crippen LogP contribution is -2.01. The summed E-state index contributed by atoms with van der Waals surface area (Å²) in [6.07, 6.45) is 2.70. The van der Waals surface area contributed by atoms with Crippen LogP contribution in [0.15, 0.2) is 30.3 Å². The van der Waals surface area contributed by atoms with Gasteiger partial charge in [0.2, 0.25) is 0 Å². The molecule has 0 aliphatic carbocycles. The third-order valence-corrected chi connectivity index (χ3v) is 2.72. The standard InChI is InChI=1S/C11H14B/c1-9-7-8-11(12-9)10-5-3-2-4-6-10/h2-6,9,11H,7-8H2,1H3. The second-order valence-electron chi connectivity index (χ2n) is 3.76. The van der Waals surface area contributed by atoms with Crippen molar-refractivity contribution >= 4 is 7.28 Å². The zero-order valence-corrected chi connectivity index (χ0v) is 7.53. The van der Waals surface area contributed by atoms with Gasteiger partial charge >= 0.3 is 0 Å². The zero-order valence-electron chi connectivity index (χ0n) is 7.53. The van der Waals surface area contributed by atoms with Crippen molar-refractivity contribution in [2.45, 2.75) is 31.4 Å². The van der Waals surface area contributed by atoms with Gasteiger partial charge in [-0.3, -0.25) is 0 Å². The topological polar surface area (TPSA) is 0 Å². The maximum absolute atomic E-state index is 2.48. The zero-order chi connectivity index (χ0) is 8.39. The van der Waals surface area contributed by atoms with E-state index in [0.29, 0.717) is 0 Å². The Morgan fingerprint density at radius 1 is 1.17 bits per heavy atom. The van der Waals surface area contributed by atoms with Crippen molar-refractivity contribution < 1.29 is 0 Å². The summed E-state index contributed by atoms with van der Waals surface area (Å²) in [6.45, 7) is 2.31. The van der Waals surface area contributed by atoms with Gasteiger partial charge in [0.15, 0.2) is 0 Å². The Hall–Kier alpha value is -0.715. The number of hydrogen-bond donors (Lipinski definition) is 0. The van der Waals surface area contributed by atoms with Crippen LogP contribution in [-0.2, 0) is 0 Å². The lowest BCUT2D eigenvalue weighted by Gasteiger charge is -2.07. The molecule has 0 amide bonds. The van der Waals surface area contributed by atoms with Gasteiger partial charge in [-0.2, -0.15) is 0 Å². The van der Waals surface area contributed by atoms with E-state index < -0.39 is 0 Å². The fourth-order valence-corrected chi connectivity index (χ4v) is 2.01. The van der Waals surface area contributed by atoms with Gasteiger partial charge in [-0.15, -0.1) is 0 Å². The molecule has 2 unspecified atom stereocenters. The molecule has 0 N–H and O–H groups in total. The van der Waals surface area contributed by atoms with Crippen LogP contribution in [0.3, 0.4) is 0 Å². The van der Waals surface area contributed by atoms with E-state index in [9.17, 15) is 0 Å². The molecule has 2 rings (SSSR count). The first-order valence-electron chi connectivity index (χ1n) is 4.76. The van der Waals surface area contributed by atoms with Crippen LogP contribution >= 0.6 is 0 Å². The van der Waals surface area contributed by atoms with Gasteiger partial charge in [0.25, 0.3) is 0 Å². The molecule has 0 aromatic heterocycles. The van der Waals surface area contributed by atoms with Crippen molar-refractivity contribution in [3.63, 3.8) is 0 Å². The molecule has 0 saturated carbocycles. The minimum Gasteiger partial charge on any atom is -0.0709 e. The fraction of sp³-hybridized carbons (Fsp3) is 0.455. The van der Waals surface area contributed by atoms with Crippen LogP contribution < -0.4 is 0 Å². The van der Waals surface area contributed by atoms with Crippen molar-refractivity contribution in [3.05, 3.63) is 35.9 Å². The molecular formula is C11H14B. The van der Waals surface area contributed by atoms with Crippen LogP contribution in [-0.4, -0.2) is 7.28 Å². The van der Waals surface area contributed by atoms with E-state index in [4.69, 9.17) is 0 Å². The highest BCUT2D eigenvalue weighted by Gasteiger charge is 2.23. The van der Waals surface area contributed by atoms with Crippen molar-refractivity contribution in [1.82, 2.24) is 0 Å². The first-order chi connectivity index (χ1) is 5.86. The van der Waals surface area contributed by atoms with E-state index in [1.165, 1.54) is 18.4 Å². The maximum Gasteiger partial charge on any atom is 0.123 e. The van der Waals surface area contributed by atoms with Crippen molar-refractivity contribution in [2.24, 2.45) is 0 Å². The van der Waals surface area contributed by atoms with Gasteiger partial charge in [0, 0.05) is 0 Å². The summed E-state index contributed by atoms with van der Waals surface area (Å²) < 4.78 is 0. The first-order valence-corrected chi connectivity index (χ1v) is 4.76. The molecule has 1 radical (unpaired) electrons. The van der Waals surface area contributed by atoms with E-state index >= 15 is 0 Å². The molecule has 2 atom stereocenters. The molecule has 61 valence electrons. The average molecular weight is 157 g/mol. The van der Waals surface area contributed by atoms with Crippen LogP contribution in [0, 0.1) is 0 Å². The van der Waals surface area contributed by atoms with Gasteiger partial charge in [-0.1, -0.05) is 61.5 Å². The predicted molar refractivity (Wildman–Crippen MR) is 53.6 cm³/mol. The minimum atomic E-state index is 0.723. The number of benzene rings is 1. The molecule has 1 aromatic rings. The lowest BCUT2D eigenvalue weighted by molar-refractivity contribution is 0.765. The van der Waals surface area contributed by atoms with Crippen LogP contribution in [0.2, 0.25) is 5.82 Å². The van der Waals surface area contributed by atoms with Gasteiger partial charge in [-0.25, -0.2) is 0 Å². The summed E-state index contributed by atoms with van der Waals surface area (Å²) in [5.74, 6) is 1.54. The van der Waals surface area contributed by atoms with Gasteiger partial charge < -0.3 is 0 Å². The molecule has 1 heterocycles. The Morgan fingerprint density at radius 3 is 2.50 bits per heavy atom. The Labute approximate surface area is 75.2 Å². The average Bonchev–Trinajstić information content (AvgIpc) is 2.54. The smallest absolute Gasteiger partial charge is 0.0709 e. The molecule has 0 nitrogen and oxygen atoms in total. The Bertz CT molecular complexity index is 242. The number of hydrogen-bond acceptors (Lipinski definition) is 0. The first kappa shape index (κ1) is 7.91. The second-order valence-corrected chi connectivity index (χ2v) is 3.76. The predicted octanol–water partition coefficient (Wildman–Crippen LogP) is 3.03. The van der Waals surface area contributed by atoms with Crippen molar-refractivity contribution in [1.29, 1.82) is 0 Å². The van der Waals surface area contributed by atoms with Gasteiger partial charge in [0.1, 0.15) is 7.28 Å². The second kappa shape index (κ2) is 3.34. The molecule has 1 aromatic carbocycles. The summed E-state index contributed by atoms with van der Waals surface area (Å²) in [5.41, 5.74) is 1.49.